The van der Waals surface area contributed by atoms with Crippen molar-refractivity contribution >= 4 is 17.2 Å². The Morgan fingerprint density at radius 1 is 1.76 bits per heavy atom. The Morgan fingerprint density at radius 3 is 3.29 bits per heavy atom. The second-order valence-corrected chi connectivity index (χ2v) is 5.03. The molecule has 2 rings (SSSR count). The molecule has 2 N–H and O–H groups in total. The Hall–Kier alpha value is -0.910. The second-order valence-electron chi connectivity index (χ2n) is 4.25. The summed E-state index contributed by atoms with van der Waals surface area (Å²) in [6.07, 6.45) is 0.444. The van der Waals surface area contributed by atoms with Gasteiger partial charge in [0.1, 0.15) is 0 Å². The Morgan fingerprint density at radius 2 is 2.65 bits per heavy atom. The first-order valence-electron chi connectivity index (χ1n) is 5.89. The predicted molar refractivity (Wildman–Crippen MR) is 68.1 cm³/mol. The van der Waals surface area contributed by atoms with Gasteiger partial charge in [-0.2, -0.15) is 11.3 Å². The van der Waals surface area contributed by atoms with Gasteiger partial charge in [0.2, 0.25) is 5.91 Å². The maximum absolute atomic E-state index is 11.8. The van der Waals surface area contributed by atoms with Crippen molar-refractivity contribution in [1.29, 1.82) is 0 Å². The van der Waals surface area contributed by atoms with Crippen molar-refractivity contribution in [2.75, 3.05) is 19.7 Å². The van der Waals surface area contributed by atoms with Gasteiger partial charge in [0.25, 0.3) is 0 Å². The first kappa shape index (κ1) is 12.5. The molecule has 0 spiro atoms. The van der Waals surface area contributed by atoms with Crippen LogP contribution in [-0.2, 0) is 9.53 Å². The molecule has 1 aromatic heterocycles. The average molecular weight is 254 g/mol. The lowest BCUT2D eigenvalue weighted by Crippen LogP contribution is -2.41. The Balaban J connectivity index is 1.76. The van der Waals surface area contributed by atoms with Gasteiger partial charge < -0.3 is 15.4 Å². The standard InChI is InChI=1S/C12H18N2O2S/c1-9(10-2-5-17-8-10)14-12(15)6-11-7-13-3-4-16-11/h2,5,8-9,11,13H,3-4,6-7H2,1H3,(H,14,15). The van der Waals surface area contributed by atoms with E-state index in [0.717, 1.165) is 18.7 Å². The quantitative estimate of drug-likeness (QED) is 0.851. The van der Waals surface area contributed by atoms with E-state index in [1.54, 1.807) is 11.3 Å². The maximum atomic E-state index is 11.8. The summed E-state index contributed by atoms with van der Waals surface area (Å²) >= 11 is 1.64. The van der Waals surface area contributed by atoms with Crippen LogP contribution < -0.4 is 10.6 Å². The van der Waals surface area contributed by atoms with E-state index in [1.807, 2.05) is 18.4 Å². The number of carbonyl (C=O) groups excluding carboxylic acids is 1. The van der Waals surface area contributed by atoms with E-state index in [-0.39, 0.29) is 18.1 Å². The van der Waals surface area contributed by atoms with Crippen molar-refractivity contribution in [2.45, 2.75) is 25.5 Å². The van der Waals surface area contributed by atoms with Gasteiger partial charge in [-0.25, -0.2) is 0 Å². The van der Waals surface area contributed by atoms with Crippen LogP contribution in [0.5, 0.6) is 0 Å². The fraction of sp³-hybridized carbons (Fsp3) is 0.583. The third-order valence-electron chi connectivity index (χ3n) is 2.84. The summed E-state index contributed by atoms with van der Waals surface area (Å²) in [5, 5.41) is 10.3. The van der Waals surface area contributed by atoms with Crippen molar-refractivity contribution < 1.29 is 9.53 Å². The summed E-state index contributed by atoms with van der Waals surface area (Å²) in [5.74, 6) is 0.0531. The van der Waals surface area contributed by atoms with Gasteiger partial charge in [0.15, 0.2) is 0 Å². The molecule has 1 amide bonds. The topological polar surface area (TPSA) is 50.4 Å². The molecule has 0 aliphatic carbocycles. The highest BCUT2D eigenvalue weighted by Gasteiger charge is 2.18. The summed E-state index contributed by atoms with van der Waals surface area (Å²) in [6.45, 7) is 4.33. The van der Waals surface area contributed by atoms with Gasteiger partial charge in [-0.15, -0.1) is 0 Å². The van der Waals surface area contributed by atoms with Crippen LogP contribution in [0.3, 0.4) is 0 Å². The summed E-state index contributed by atoms with van der Waals surface area (Å²) in [4.78, 5) is 11.8. The minimum Gasteiger partial charge on any atom is -0.375 e. The maximum Gasteiger partial charge on any atom is 0.223 e. The molecular weight excluding hydrogens is 236 g/mol. The Kier molecular flexibility index (Phi) is 4.53. The number of rotatable bonds is 4. The van der Waals surface area contributed by atoms with Gasteiger partial charge >= 0.3 is 0 Å². The molecule has 94 valence electrons. The molecule has 1 aliphatic heterocycles. The first-order valence-corrected chi connectivity index (χ1v) is 6.84. The molecule has 1 aromatic rings. The highest BCUT2D eigenvalue weighted by molar-refractivity contribution is 7.07. The van der Waals surface area contributed by atoms with Crippen LogP contribution in [0.4, 0.5) is 0 Å². The molecule has 4 nitrogen and oxygen atoms in total. The fourth-order valence-electron chi connectivity index (χ4n) is 1.86. The normalized spacial score (nSPS) is 22.1. The molecule has 0 saturated carbocycles. The number of morpholine rings is 1. The molecular formula is C12H18N2O2S. The van der Waals surface area contributed by atoms with Gasteiger partial charge in [-0.1, -0.05) is 0 Å². The van der Waals surface area contributed by atoms with E-state index in [0.29, 0.717) is 13.0 Å². The van der Waals surface area contributed by atoms with Gasteiger partial charge in [0.05, 0.1) is 25.2 Å². The van der Waals surface area contributed by atoms with Gasteiger partial charge in [-0.05, 0) is 29.3 Å². The van der Waals surface area contributed by atoms with E-state index >= 15 is 0 Å². The molecule has 2 atom stereocenters. The van der Waals surface area contributed by atoms with Crippen LogP contribution in [0.15, 0.2) is 16.8 Å². The number of ether oxygens (including phenoxy) is 1. The summed E-state index contributed by atoms with van der Waals surface area (Å²) in [7, 11) is 0. The number of thiophene rings is 1. The van der Waals surface area contributed by atoms with E-state index in [2.05, 4.69) is 16.0 Å². The molecule has 5 heteroatoms. The molecule has 0 radical (unpaired) electrons. The Bertz CT molecular complexity index is 347. The van der Waals surface area contributed by atoms with E-state index in [1.165, 1.54) is 0 Å². The number of hydrogen-bond donors (Lipinski definition) is 2. The lowest BCUT2D eigenvalue weighted by atomic mass is 10.1. The molecule has 17 heavy (non-hydrogen) atoms. The highest BCUT2D eigenvalue weighted by atomic mass is 32.1. The number of hydrogen-bond acceptors (Lipinski definition) is 4. The Labute approximate surface area is 105 Å². The average Bonchev–Trinajstić information content (AvgIpc) is 2.83. The van der Waals surface area contributed by atoms with Crippen LogP contribution in [0.1, 0.15) is 24.9 Å². The van der Waals surface area contributed by atoms with Crippen LogP contribution in [-0.4, -0.2) is 31.7 Å². The fourth-order valence-corrected chi connectivity index (χ4v) is 2.62. The summed E-state index contributed by atoms with van der Waals surface area (Å²) in [5.41, 5.74) is 1.16. The van der Waals surface area contributed by atoms with Crippen molar-refractivity contribution in [1.82, 2.24) is 10.6 Å². The summed E-state index contributed by atoms with van der Waals surface area (Å²) in [6, 6.07) is 2.11. The largest absolute Gasteiger partial charge is 0.375 e. The molecule has 2 heterocycles. The molecule has 0 aromatic carbocycles. The van der Waals surface area contributed by atoms with Gasteiger partial charge in [0, 0.05) is 13.1 Å². The SMILES string of the molecule is CC(NC(=O)CC1CNCCO1)c1ccsc1. The van der Waals surface area contributed by atoms with Crippen molar-refractivity contribution in [3.63, 3.8) is 0 Å². The zero-order chi connectivity index (χ0) is 12.1. The first-order chi connectivity index (χ1) is 8.25. The highest BCUT2D eigenvalue weighted by Crippen LogP contribution is 2.15. The van der Waals surface area contributed by atoms with Crippen LogP contribution in [0.25, 0.3) is 0 Å². The second kappa shape index (κ2) is 6.14. The van der Waals surface area contributed by atoms with Crippen LogP contribution in [0, 0.1) is 0 Å². The van der Waals surface area contributed by atoms with E-state index in [9.17, 15) is 4.79 Å². The lowest BCUT2D eigenvalue weighted by Gasteiger charge is -2.23. The summed E-state index contributed by atoms with van der Waals surface area (Å²) < 4.78 is 5.50. The number of nitrogens with one attached hydrogen (secondary N) is 2. The van der Waals surface area contributed by atoms with E-state index in [4.69, 9.17) is 4.74 Å². The van der Waals surface area contributed by atoms with Crippen LogP contribution >= 0.6 is 11.3 Å². The molecule has 1 aliphatic rings. The van der Waals surface area contributed by atoms with Crippen molar-refractivity contribution in [3.05, 3.63) is 22.4 Å². The monoisotopic (exact) mass is 254 g/mol. The third kappa shape index (κ3) is 3.80. The van der Waals surface area contributed by atoms with Crippen molar-refractivity contribution in [3.8, 4) is 0 Å². The zero-order valence-corrected chi connectivity index (χ0v) is 10.8. The minimum absolute atomic E-state index is 0.0124. The smallest absolute Gasteiger partial charge is 0.223 e. The molecule has 2 unspecified atom stereocenters. The molecule has 1 saturated heterocycles. The van der Waals surface area contributed by atoms with E-state index < -0.39 is 0 Å². The van der Waals surface area contributed by atoms with Crippen LogP contribution in [0.2, 0.25) is 0 Å². The zero-order valence-electron chi connectivity index (χ0n) is 9.94. The number of amides is 1. The third-order valence-corrected chi connectivity index (χ3v) is 3.54. The lowest BCUT2D eigenvalue weighted by molar-refractivity contribution is -0.125. The minimum atomic E-state index is 0.0124. The molecule has 1 fully saturated rings. The van der Waals surface area contributed by atoms with Crippen molar-refractivity contribution in [2.24, 2.45) is 0 Å². The van der Waals surface area contributed by atoms with Gasteiger partial charge in [-0.3, -0.25) is 4.79 Å². The molecule has 0 bridgehead atoms. The number of carbonyl (C=O) groups is 1. The predicted octanol–water partition coefficient (Wildman–Crippen LogP) is 1.30.